The Bertz CT molecular complexity index is 1070. The number of nitrogens with zero attached hydrogens (tertiary/aromatic N) is 1. The first-order valence-corrected chi connectivity index (χ1v) is 9.08. The van der Waals surface area contributed by atoms with E-state index in [1.807, 2.05) is 6.92 Å². The summed E-state index contributed by atoms with van der Waals surface area (Å²) < 4.78 is 37.8. The Hall–Kier alpha value is -3.07. The van der Waals surface area contributed by atoms with Crippen LogP contribution in [0.5, 0.6) is 5.75 Å². The molecule has 0 unspecified atom stereocenters. The predicted octanol–water partition coefficient (Wildman–Crippen LogP) is 2.47. The average molecular weight is 375 g/mol. The van der Waals surface area contributed by atoms with Gasteiger partial charge in [0.1, 0.15) is 11.3 Å². The van der Waals surface area contributed by atoms with Gasteiger partial charge in [0.2, 0.25) is 0 Å². The molecule has 0 amide bonds. The van der Waals surface area contributed by atoms with Crippen molar-refractivity contribution in [3.8, 4) is 5.75 Å². The number of carbonyl (C=O) groups excluding carboxylic acids is 1. The van der Waals surface area contributed by atoms with Gasteiger partial charge in [-0.25, -0.2) is 13.2 Å². The third-order valence-electron chi connectivity index (χ3n) is 3.86. The molecule has 1 aromatic heterocycles. The number of fused-ring (bicyclic) bond motifs is 1. The number of rotatable bonds is 5. The quantitative estimate of drug-likeness (QED) is 0.663. The molecule has 0 bridgehead atoms. The van der Waals surface area contributed by atoms with Crippen molar-refractivity contribution < 1.29 is 22.7 Å². The fourth-order valence-corrected chi connectivity index (χ4v) is 3.60. The van der Waals surface area contributed by atoms with Crippen LogP contribution in [-0.4, -0.2) is 38.8 Å². The molecule has 0 saturated heterocycles. The summed E-state index contributed by atoms with van der Waals surface area (Å²) in [5, 5.41) is 6.89. The van der Waals surface area contributed by atoms with Crippen LogP contribution in [-0.2, 0) is 14.8 Å². The summed E-state index contributed by atoms with van der Waals surface area (Å²) in [4.78, 5) is 12.1. The number of sulfonamides is 1. The number of aromatic amines is 1. The van der Waals surface area contributed by atoms with Crippen LogP contribution >= 0.6 is 0 Å². The monoisotopic (exact) mass is 375 g/mol. The summed E-state index contributed by atoms with van der Waals surface area (Å²) in [7, 11) is -1.17. The van der Waals surface area contributed by atoms with Crippen LogP contribution in [0.15, 0.2) is 41.3 Å². The number of hydrogen-bond acceptors (Lipinski definition) is 6. The zero-order valence-corrected chi connectivity index (χ0v) is 15.2. The van der Waals surface area contributed by atoms with Crippen molar-refractivity contribution in [2.24, 2.45) is 0 Å². The largest absolute Gasteiger partial charge is 0.494 e. The molecule has 0 spiro atoms. The van der Waals surface area contributed by atoms with Crippen LogP contribution in [0.2, 0.25) is 0 Å². The molecule has 0 aliphatic rings. The molecular formula is C17H17N3O5S. The molecule has 8 nitrogen and oxygen atoms in total. The number of aromatic nitrogens is 2. The molecule has 0 fully saturated rings. The maximum atomic E-state index is 12.7. The van der Waals surface area contributed by atoms with Crippen molar-refractivity contribution >= 4 is 32.6 Å². The molecular weight excluding hydrogens is 358 g/mol. The standard InChI is InChI=1S/C17H17N3O5S/c1-10-4-6-11(7-5-10)26(22,23)20-12-8-9-13(24-2)15-14(12)16(19-18-15)17(21)25-3/h4-9,20H,1-3H3,(H,18,19). The second-order valence-corrected chi connectivity index (χ2v) is 7.23. The van der Waals surface area contributed by atoms with E-state index in [-0.39, 0.29) is 21.7 Å². The summed E-state index contributed by atoms with van der Waals surface area (Å²) in [5.41, 5.74) is 1.48. The normalized spacial score (nSPS) is 11.3. The predicted molar refractivity (Wildman–Crippen MR) is 96.0 cm³/mol. The molecule has 3 aromatic rings. The third-order valence-corrected chi connectivity index (χ3v) is 5.24. The second kappa shape index (κ2) is 6.68. The lowest BCUT2D eigenvalue weighted by molar-refractivity contribution is 0.0596. The Kier molecular flexibility index (Phi) is 4.56. The van der Waals surface area contributed by atoms with Gasteiger partial charge in [0, 0.05) is 0 Å². The van der Waals surface area contributed by atoms with Gasteiger partial charge in [-0.05, 0) is 31.2 Å². The zero-order chi connectivity index (χ0) is 18.9. The topological polar surface area (TPSA) is 110 Å². The number of carbonyl (C=O) groups is 1. The van der Waals surface area contributed by atoms with Crippen LogP contribution in [0, 0.1) is 6.92 Å². The van der Waals surface area contributed by atoms with Gasteiger partial charge in [0.25, 0.3) is 10.0 Å². The van der Waals surface area contributed by atoms with Gasteiger partial charge in [-0.3, -0.25) is 9.82 Å². The van der Waals surface area contributed by atoms with Gasteiger partial charge >= 0.3 is 5.97 Å². The van der Waals surface area contributed by atoms with Crippen molar-refractivity contribution in [2.45, 2.75) is 11.8 Å². The number of aryl methyl sites for hydroxylation is 1. The highest BCUT2D eigenvalue weighted by Gasteiger charge is 2.23. The van der Waals surface area contributed by atoms with Gasteiger partial charge in [-0.15, -0.1) is 0 Å². The minimum absolute atomic E-state index is 0.0306. The Labute approximate surface area is 150 Å². The van der Waals surface area contributed by atoms with E-state index in [9.17, 15) is 13.2 Å². The molecule has 2 N–H and O–H groups in total. The third kappa shape index (κ3) is 3.08. The van der Waals surface area contributed by atoms with Crippen LogP contribution in [0.25, 0.3) is 10.9 Å². The van der Waals surface area contributed by atoms with Gasteiger partial charge in [-0.2, -0.15) is 5.10 Å². The number of nitrogens with one attached hydrogen (secondary N) is 2. The van der Waals surface area contributed by atoms with Crippen molar-refractivity contribution in [1.82, 2.24) is 10.2 Å². The number of ether oxygens (including phenoxy) is 2. The van der Waals surface area contributed by atoms with Crippen LogP contribution < -0.4 is 9.46 Å². The minimum atomic E-state index is -3.85. The SMILES string of the molecule is COC(=O)c1[nH]nc2c(OC)ccc(NS(=O)(=O)c3ccc(C)cc3)c12. The Balaban J connectivity index is 2.14. The van der Waals surface area contributed by atoms with Gasteiger partial charge < -0.3 is 9.47 Å². The fraction of sp³-hybridized carbons (Fsp3) is 0.176. The number of H-pyrrole nitrogens is 1. The van der Waals surface area contributed by atoms with Crippen molar-refractivity contribution in [3.05, 3.63) is 47.7 Å². The summed E-state index contributed by atoms with van der Waals surface area (Å²) in [5.74, 6) is -0.277. The molecule has 2 aromatic carbocycles. The summed E-state index contributed by atoms with van der Waals surface area (Å²) in [6.45, 7) is 1.87. The second-order valence-electron chi connectivity index (χ2n) is 5.55. The first-order chi connectivity index (χ1) is 12.4. The number of anilines is 1. The number of methoxy groups -OCH3 is 2. The molecule has 0 aliphatic heterocycles. The highest BCUT2D eigenvalue weighted by Crippen LogP contribution is 2.34. The van der Waals surface area contributed by atoms with E-state index in [4.69, 9.17) is 9.47 Å². The molecule has 9 heteroatoms. The molecule has 136 valence electrons. The van der Waals surface area contributed by atoms with Crippen molar-refractivity contribution in [1.29, 1.82) is 0 Å². The summed E-state index contributed by atoms with van der Waals surface area (Å²) >= 11 is 0. The van der Waals surface area contributed by atoms with E-state index in [1.165, 1.54) is 32.4 Å². The average Bonchev–Trinajstić information content (AvgIpc) is 3.07. The maximum Gasteiger partial charge on any atom is 0.356 e. The molecule has 1 heterocycles. The van der Waals surface area contributed by atoms with Crippen molar-refractivity contribution in [2.75, 3.05) is 18.9 Å². The van der Waals surface area contributed by atoms with Gasteiger partial charge in [-0.1, -0.05) is 17.7 Å². The van der Waals surface area contributed by atoms with Gasteiger partial charge in [0.15, 0.2) is 5.69 Å². The number of esters is 1. The molecule has 26 heavy (non-hydrogen) atoms. The maximum absolute atomic E-state index is 12.7. The Morgan fingerprint density at radius 1 is 1.12 bits per heavy atom. The van der Waals surface area contributed by atoms with E-state index in [0.717, 1.165) is 5.56 Å². The first-order valence-electron chi connectivity index (χ1n) is 7.60. The lowest BCUT2D eigenvalue weighted by Crippen LogP contribution is -2.14. The summed E-state index contributed by atoms with van der Waals surface area (Å²) in [6.07, 6.45) is 0. The van der Waals surface area contributed by atoms with E-state index in [1.54, 1.807) is 18.2 Å². The molecule has 0 radical (unpaired) electrons. The molecule has 0 aliphatic carbocycles. The number of benzene rings is 2. The minimum Gasteiger partial charge on any atom is -0.494 e. The van der Waals surface area contributed by atoms with Crippen molar-refractivity contribution in [3.63, 3.8) is 0 Å². The summed E-state index contributed by atoms with van der Waals surface area (Å²) in [6, 6.07) is 9.50. The fourth-order valence-electron chi connectivity index (χ4n) is 2.52. The Morgan fingerprint density at radius 2 is 1.81 bits per heavy atom. The van der Waals surface area contributed by atoms with E-state index >= 15 is 0 Å². The van der Waals surface area contributed by atoms with Crippen LogP contribution in [0.4, 0.5) is 5.69 Å². The smallest absolute Gasteiger partial charge is 0.356 e. The molecule has 0 atom stereocenters. The van der Waals surface area contributed by atoms with Gasteiger partial charge in [0.05, 0.1) is 30.2 Å². The molecule has 0 saturated carbocycles. The highest BCUT2D eigenvalue weighted by atomic mass is 32.2. The number of hydrogen-bond donors (Lipinski definition) is 2. The lowest BCUT2D eigenvalue weighted by atomic mass is 10.1. The Morgan fingerprint density at radius 3 is 2.42 bits per heavy atom. The zero-order valence-electron chi connectivity index (χ0n) is 14.4. The van der Waals surface area contributed by atoms with Crippen LogP contribution in [0.1, 0.15) is 16.1 Å². The van der Waals surface area contributed by atoms with E-state index < -0.39 is 16.0 Å². The van der Waals surface area contributed by atoms with E-state index in [2.05, 4.69) is 14.9 Å². The van der Waals surface area contributed by atoms with Crippen LogP contribution in [0.3, 0.4) is 0 Å². The molecule has 3 rings (SSSR count). The highest BCUT2D eigenvalue weighted by molar-refractivity contribution is 7.92. The lowest BCUT2D eigenvalue weighted by Gasteiger charge is -2.11. The first kappa shape index (κ1) is 17.7. The van der Waals surface area contributed by atoms with E-state index in [0.29, 0.717) is 11.3 Å².